The van der Waals surface area contributed by atoms with Gasteiger partial charge in [-0.25, -0.2) is 4.68 Å². The van der Waals surface area contributed by atoms with E-state index in [1.807, 2.05) is 43.3 Å². The number of nitrogens with zero attached hydrogens (tertiary/aromatic N) is 3. The third-order valence-electron chi connectivity index (χ3n) is 4.01. The van der Waals surface area contributed by atoms with Crippen LogP contribution in [0.2, 0.25) is 0 Å². The van der Waals surface area contributed by atoms with Crippen molar-refractivity contribution >= 4 is 23.2 Å². The number of anilines is 2. The largest absolute Gasteiger partial charge is 0.497 e. The van der Waals surface area contributed by atoms with Gasteiger partial charge in [0.15, 0.2) is 0 Å². The monoisotopic (exact) mass is 379 g/mol. The summed E-state index contributed by atoms with van der Waals surface area (Å²) in [4.78, 5) is 12.6. The van der Waals surface area contributed by atoms with E-state index in [4.69, 9.17) is 9.94 Å². The van der Waals surface area contributed by atoms with E-state index in [9.17, 15) is 4.79 Å². The van der Waals surface area contributed by atoms with Gasteiger partial charge in [-0.2, -0.15) is 5.10 Å². The van der Waals surface area contributed by atoms with Gasteiger partial charge in [0.1, 0.15) is 17.4 Å². The molecule has 3 N–H and O–H groups in total. The molecule has 0 radical (unpaired) electrons. The number of amides is 1. The molecular formula is C20H21N5O3. The van der Waals surface area contributed by atoms with Gasteiger partial charge in [-0.15, -0.1) is 0 Å². The molecule has 0 aliphatic carbocycles. The number of aromatic nitrogens is 2. The molecule has 0 saturated carbocycles. The maximum absolute atomic E-state index is 12.6. The molecule has 1 amide bonds. The van der Waals surface area contributed by atoms with E-state index >= 15 is 0 Å². The number of oxime groups is 1. The summed E-state index contributed by atoms with van der Waals surface area (Å²) in [5, 5.41) is 22.1. The summed E-state index contributed by atoms with van der Waals surface area (Å²) < 4.78 is 7.00. The highest BCUT2D eigenvalue weighted by Crippen LogP contribution is 2.27. The van der Waals surface area contributed by atoms with Gasteiger partial charge in [-0.1, -0.05) is 23.4 Å². The molecule has 0 fully saturated rings. The first kappa shape index (κ1) is 19.0. The normalized spacial score (nSPS) is 11.2. The average Bonchev–Trinajstić information content (AvgIpc) is 3.08. The van der Waals surface area contributed by atoms with Gasteiger partial charge >= 0.3 is 0 Å². The summed E-state index contributed by atoms with van der Waals surface area (Å²) in [7, 11) is 1.53. The number of carbonyl (C=O) groups excluding carboxylic acids is 1. The lowest BCUT2D eigenvalue weighted by Gasteiger charge is -2.14. The van der Waals surface area contributed by atoms with E-state index in [2.05, 4.69) is 20.9 Å². The highest BCUT2D eigenvalue weighted by Gasteiger charge is 2.16. The van der Waals surface area contributed by atoms with E-state index in [0.717, 1.165) is 11.4 Å². The Morgan fingerprint density at radius 1 is 1.18 bits per heavy atom. The summed E-state index contributed by atoms with van der Waals surface area (Å²) in [5.41, 5.74) is 2.61. The highest BCUT2D eigenvalue weighted by atomic mass is 16.5. The van der Waals surface area contributed by atoms with Crippen LogP contribution < -0.4 is 15.4 Å². The maximum Gasteiger partial charge on any atom is 0.258 e. The topological polar surface area (TPSA) is 101 Å². The molecule has 0 aliphatic rings. The van der Waals surface area contributed by atoms with Crippen LogP contribution in [0.15, 0.2) is 59.8 Å². The second kappa shape index (κ2) is 8.26. The fourth-order valence-electron chi connectivity index (χ4n) is 2.70. The molecule has 3 aromatic rings. The summed E-state index contributed by atoms with van der Waals surface area (Å²) >= 11 is 0. The average molecular weight is 379 g/mol. The van der Waals surface area contributed by atoms with Gasteiger partial charge in [0.25, 0.3) is 5.91 Å². The van der Waals surface area contributed by atoms with Gasteiger partial charge < -0.3 is 20.6 Å². The van der Waals surface area contributed by atoms with Gasteiger partial charge in [-0.05, 0) is 44.2 Å². The van der Waals surface area contributed by atoms with E-state index in [1.165, 1.54) is 14.0 Å². The number of rotatable bonds is 5. The van der Waals surface area contributed by atoms with Crippen LogP contribution in [0.1, 0.15) is 23.0 Å². The smallest absolute Gasteiger partial charge is 0.258 e. The Bertz CT molecular complexity index is 1010. The SMILES string of the molecule is COc1ccc(Nc2cc(C)nn2-c2ccccc2)c(C(=O)N/C(C)=N/O)c1. The molecule has 144 valence electrons. The molecule has 1 aromatic heterocycles. The molecule has 0 aliphatic heterocycles. The number of nitrogens with one attached hydrogen (secondary N) is 2. The zero-order chi connectivity index (χ0) is 20.1. The zero-order valence-electron chi connectivity index (χ0n) is 15.8. The van der Waals surface area contributed by atoms with Crippen LogP contribution in [-0.4, -0.2) is 33.8 Å². The van der Waals surface area contributed by atoms with Gasteiger partial charge in [-0.3, -0.25) is 4.79 Å². The Morgan fingerprint density at radius 2 is 1.93 bits per heavy atom. The van der Waals surface area contributed by atoms with Crippen molar-refractivity contribution in [2.24, 2.45) is 5.16 Å². The third kappa shape index (κ3) is 4.12. The van der Waals surface area contributed by atoms with E-state index in [-0.39, 0.29) is 5.84 Å². The van der Waals surface area contributed by atoms with Gasteiger partial charge in [0, 0.05) is 6.07 Å². The molecule has 2 aromatic carbocycles. The van der Waals surface area contributed by atoms with Crippen LogP contribution in [-0.2, 0) is 0 Å². The molecule has 0 spiro atoms. The number of aryl methyl sites for hydroxylation is 1. The fourth-order valence-corrected chi connectivity index (χ4v) is 2.70. The van der Waals surface area contributed by atoms with Crippen molar-refractivity contribution in [1.29, 1.82) is 0 Å². The number of hydrogen-bond acceptors (Lipinski definition) is 6. The van der Waals surface area contributed by atoms with Crippen LogP contribution >= 0.6 is 0 Å². The van der Waals surface area contributed by atoms with E-state index < -0.39 is 5.91 Å². The third-order valence-corrected chi connectivity index (χ3v) is 4.01. The summed E-state index contributed by atoms with van der Waals surface area (Å²) in [6, 6.07) is 16.7. The molecule has 3 rings (SSSR count). The highest BCUT2D eigenvalue weighted by molar-refractivity contribution is 6.09. The molecule has 28 heavy (non-hydrogen) atoms. The first-order valence-electron chi connectivity index (χ1n) is 8.59. The lowest BCUT2D eigenvalue weighted by molar-refractivity contribution is 0.0975. The summed E-state index contributed by atoms with van der Waals surface area (Å²) in [6.45, 7) is 3.38. The van der Waals surface area contributed by atoms with Crippen molar-refractivity contribution in [3.8, 4) is 11.4 Å². The number of ether oxygens (including phenoxy) is 1. The molecule has 8 heteroatoms. The second-order valence-electron chi connectivity index (χ2n) is 6.09. The minimum Gasteiger partial charge on any atom is -0.497 e. The Labute approximate surface area is 162 Å². The standard InChI is InChI=1S/C20H21N5O3/c1-13-11-19(25(23-13)15-7-5-4-6-8-15)22-18-10-9-16(28-3)12-17(18)20(26)21-14(2)24-27/h4-12,22,27H,1-3H3,(H,21,24,26). The first-order chi connectivity index (χ1) is 13.5. The van der Waals surface area contributed by atoms with Crippen LogP contribution in [0.25, 0.3) is 5.69 Å². The van der Waals surface area contributed by atoms with E-state index in [0.29, 0.717) is 22.8 Å². The van der Waals surface area contributed by atoms with Crippen molar-refractivity contribution in [2.45, 2.75) is 13.8 Å². The molecule has 0 unspecified atom stereocenters. The van der Waals surface area contributed by atoms with Crippen molar-refractivity contribution in [2.75, 3.05) is 12.4 Å². The van der Waals surface area contributed by atoms with Crippen LogP contribution in [0, 0.1) is 6.92 Å². The minimum absolute atomic E-state index is 0.0870. The number of hydrogen-bond donors (Lipinski definition) is 3. The number of amidine groups is 1. The van der Waals surface area contributed by atoms with Crippen molar-refractivity contribution in [3.05, 3.63) is 65.9 Å². The van der Waals surface area contributed by atoms with Crippen molar-refractivity contribution in [3.63, 3.8) is 0 Å². The maximum atomic E-state index is 12.6. The zero-order valence-corrected chi connectivity index (χ0v) is 15.8. The lowest BCUT2D eigenvalue weighted by Crippen LogP contribution is -2.29. The summed E-state index contributed by atoms with van der Waals surface area (Å²) in [5.74, 6) is 0.889. The number of para-hydroxylation sites is 1. The molecule has 0 atom stereocenters. The van der Waals surface area contributed by atoms with Crippen LogP contribution in [0.3, 0.4) is 0 Å². The van der Waals surface area contributed by atoms with E-state index in [1.54, 1.807) is 22.9 Å². The Balaban J connectivity index is 2.00. The van der Waals surface area contributed by atoms with Crippen molar-refractivity contribution < 1.29 is 14.7 Å². The minimum atomic E-state index is -0.431. The molecule has 0 saturated heterocycles. The number of benzene rings is 2. The first-order valence-corrected chi connectivity index (χ1v) is 8.59. The lowest BCUT2D eigenvalue weighted by atomic mass is 10.1. The molecule has 8 nitrogen and oxygen atoms in total. The second-order valence-corrected chi connectivity index (χ2v) is 6.09. The summed E-state index contributed by atoms with van der Waals surface area (Å²) in [6.07, 6.45) is 0. The predicted octanol–water partition coefficient (Wildman–Crippen LogP) is 3.47. The fraction of sp³-hybridized carbons (Fsp3) is 0.150. The molecule has 0 bridgehead atoms. The Kier molecular flexibility index (Phi) is 5.59. The number of methoxy groups -OCH3 is 1. The Hall–Kier alpha value is -3.81. The van der Waals surface area contributed by atoms with Gasteiger partial charge in [0.2, 0.25) is 0 Å². The van der Waals surface area contributed by atoms with Gasteiger partial charge in [0.05, 0.1) is 29.7 Å². The predicted molar refractivity (Wildman–Crippen MR) is 107 cm³/mol. The Morgan fingerprint density at radius 3 is 2.61 bits per heavy atom. The molecule has 1 heterocycles. The molecular weight excluding hydrogens is 358 g/mol. The van der Waals surface area contributed by atoms with Crippen LogP contribution in [0.5, 0.6) is 5.75 Å². The van der Waals surface area contributed by atoms with Crippen molar-refractivity contribution in [1.82, 2.24) is 15.1 Å². The van der Waals surface area contributed by atoms with Crippen LogP contribution in [0.4, 0.5) is 11.5 Å². The number of carbonyl (C=O) groups is 1. The quantitative estimate of drug-likeness (QED) is 0.273.